The molecular formula is C13H21N3O3S. The number of rotatable bonds is 6. The van der Waals surface area contributed by atoms with Crippen LogP contribution in [0.1, 0.15) is 40.8 Å². The van der Waals surface area contributed by atoms with Crippen LogP contribution in [0.25, 0.3) is 0 Å². The summed E-state index contributed by atoms with van der Waals surface area (Å²) in [4.78, 5) is 26.3. The molecule has 1 rings (SSSR count). The van der Waals surface area contributed by atoms with E-state index in [2.05, 4.69) is 5.32 Å². The zero-order chi connectivity index (χ0) is 15.3. The van der Waals surface area contributed by atoms with Gasteiger partial charge in [-0.2, -0.15) is 0 Å². The average Bonchev–Trinajstić information content (AvgIpc) is 2.77. The van der Waals surface area contributed by atoms with Crippen LogP contribution in [0.3, 0.4) is 0 Å². The molecule has 0 aromatic carbocycles. The van der Waals surface area contributed by atoms with Gasteiger partial charge in [0, 0.05) is 19.6 Å². The number of amides is 1. The average molecular weight is 299 g/mol. The van der Waals surface area contributed by atoms with E-state index in [1.807, 2.05) is 25.7 Å². The topological polar surface area (TPSA) is 84.7 Å². The van der Waals surface area contributed by atoms with Crippen LogP contribution < -0.4 is 16.0 Å². The maximum atomic E-state index is 12.0. The molecule has 0 spiro atoms. The molecule has 0 saturated carbocycles. The minimum Gasteiger partial charge on any atom is -0.465 e. The summed E-state index contributed by atoms with van der Waals surface area (Å²) in [6, 6.07) is 0. The summed E-state index contributed by atoms with van der Waals surface area (Å²) in [5, 5.41) is 3.38. The molecule has 0 fully saturated rings. The first-order valence-corrected chi connectivity index (χ1v) is 7.36. The predicted octanol–water partition coefficient (Wildman–Crippen LogP) is 1.71. The summed E-state index contributed by atoms with van der Waals surface area (Å²) >= 11 is 1.22. The summed E-state index contributed by atoms with van der Waals surface area (Å²) < 4.78 is 4.78. The normalized spacial score (nSPS) is 10.2. The first kappa shape index (κ1) is 16.3. The fourth-order valence-electron chi connectivity index (χ4n) is 1.87. The molecule has 20 heavy (non-hydrogen) atoms. The Balaban J connectivity index is 3.38. The van der Waals surface area contributed by atoms with Crippen LogP contribution in [0.15, 0.2) is 0 Å². The van der Waals surface area contributed by atoms with Gasteiger partial charge in [-0.1, -0.05) is 0 Å². The van der Waals surface area contributed by atoms with Crippen LogP contribution in [-0.2, 0) is 4.74 Å². The molecule has 0 aliphatic rings. The Bertz CT molecular complexity index is 495. The van der Waals surface area contributed by atoms with E-state index in [0.717, 1.165) is 13.1 Å². The van der Waals surface area contributed by atoms with Crippen molar-refractivity contribution in [3.63, 3.8) is 0 Å². The van der Waals surface area contributed by atoms with Crippen molar-refractivity contribution < 1.29 is 14.3 Å². The van der Waals surface area contributed by atoms with Gasteiger partial charge in [0.2, 0.25) is 0 Å². The lowest BCUT2D eigenvalue weighted by Gasteiger charge is -2.20. The number of nitrogens with two attached hydrogens (primary N) is 1. The first-order chi connectivity index (χ1) is 9.51. The number of hydrogen-bond donors (Lipinski definition) is 2. The highest BCUT2D eigenvalue weighted by Gasteiger charge is 2.28. The predicted molar refractivity (Wildman–Crippen MR) is 81.6 cm³/mol. The lowest BCUT2D eigenvalue weighted by Crippen LogP contribution is -2.23. The maximum absolute atomic E-state index is 12.0. The quantitative estimate of drug-likeness (QED) is 0.781. The highest BCUT2D eigenvalue weighted by atomic mass is 32.1. The third-order valence-electron chi connectivity index (χ3n) is 2.91. The van der Waals surface area contributed by atoms with Crippen molar-refractivity contribution in [1.82, 2.24) is 5.32 Å². The van der Waals surface area contributed by atoms with E-state index in [-0.39, 0.29) is 17.2 Å². The highest BCUT2D eigenvalue weighted by Crippen LogP contribution is 2.38. The summed E-state index contributed by atoms with van der Waals surface area (Å²) in [6.07, 6.45) is 0. The summed E-state index contributed by atoms with van der Waals surface area (Å²) in [7, 11) is 1.30. The third kappa shape index (κ3) is 3.04. The molecular weight excluding hydrogens is 278 g/mol. The van der Waals surface area contributed by atoms with Gasteiger partial charge in [-0.15, -0.1) is 11.3 Å². The summed E-state index contributed by atoms with van der Waals surface area (Å²) in [6.45, 7) is 7.72. The van der Waals surface area contributed by atoms with Gasteiger partial charge in [0.1, 0.15) is 15.4 Å². The minimum atomic E-state index is -0.517. The lowest BCUT2D eigenvalue weighted by molar-refractivity contribution is 0.0603. The van der Waals surface area contributed by atoms with Crippen LogP contribution in [0.5, 0.6) is 0 Å². The van der Waals surface area contributed by atoms with Crippen LogP contribution in [-0.4, -0.2) is 38.6 Å². The largest absolute Gasteiger partial charge is 0.465 e. The summed E-state index contributed by atoms with van der Waals surface area (Å²) in [5.74, 6) is -0.783. The number of carbonyl (C=O) groups is 2. The van der Waals surface area contributed by atoms with Crippen molar-refractivity contribution in [3.05, 3.63) is 10.4 Å². The van der Waals surface area contributed by atoms with Gasteiger partial charge >= 0.3 is 5.97 Å². The number of carbonyl (C=O) groups excluding carboxylic acids is 2. The number of esters is 1. The second kappa shape index (κ2) is 7.14. The number of thiophene rings is 1. The molecule has 0 radical (unpaired) electrons. The zero-order valence-electron chi connectivity index (χ0n) is 12.3. The van der Waals surface area contributed by atoms with Crippen molar-refractivity contribution in [1.29, 1.82) is 0 Å². The highest BCUT2D eigenvalue weighted by molar-refractivity contribution is 7.19. The van der Waals surface area contributed by atoms with Crippen LogP contribution in [0, 0.1) is 0 Å². The molecule has 1 amide bonds. The molecule has 0 atom stereocenters. The Morgan fingerprint density at radius 2 is 1.90 bits per heavy atom. The fraction of sp³-hybridized carbons (Fsp3) is 0.538. The molecule has 0 bridgehead atoms. The lowest BCUT2D eigenvalue weighted by atomic mass is 10.2. The van der Waals surface area contributed by atoms with Gasteiger partial charge in [0.15, 0.2) is 0 Å². The third-order valence-corrected chi connectivity index (χ3v) is 4.18. The van der Waals surface area contributed by atoms with Crippen molar-refractivity contribution >= 4 is 33.9 Å². The monoisotopic (exact) mass is 299 g/mol. The number of nitrogens with one attached hydrogen (secondary N) is 1. The van der Waals surface area contributed by atoms with Crippen LogP contribution in [0.2, 0.25) is 0 Å². The van der Waals surface area contributed by atoms with Gasteiger partial charge in [-0.3, -0.25) is 4.79 Å². The van der Waals surface area contributed by atoms with E-state index in [9.17, 15) is 9.59 Å². The minimum absolute atomic E-state index is 0.190. The van der Waals surface area contributed by atoms with Gasteiger partial charge in [0.05, 0.1) is 12.8 Å². The molecule has 7 heteroatoms. The van der Waals surface area contributed by atoms with Crippen LogP contribution in [0.4, 0.5) is 10.7 Å². The Morgan fingerprint density at radius 3 is 2.35 bits per heavy atom. The van der Waals surface area contributed by atoms with E-state index in [1.54, 1.807) is 0 Å². The van der Waals surface area contributed by atoms with Gasteiger partial charge in [-0.05, 0) is 20.8 Å². The van der Waals surface area contributed by atoms with E-state index in [0.29, 0.717) is 16.4 Å². The molecule has 3 N–H and O–H groups in total. The molecule has 0 aliphatic heterocycles. The molecule has 0 unspecified atom stereocenters. The van der Waals surface area contributed by atoms with Crippen molar-refractivity contribution in [2.75, 3.05) is 37.4 Å². The summed E-state index contributed by atoms with van der Waals surface area (Å²) in [5.41, 5.74) is 6.45. The smallest absolute Gasteiger partial charge is 0.343 e. The number of ether oxygens (including phenoxy) is 1. The second-order valence-corrected chi connectivity index (χ2v) is 5.05. The van der Waals surface area contributed by atoms with Crippen LogP contribution >= 0.6 is 11.3 Å². The Hall–Kier alpha value is -1.76. The second-order valence-electron chi connectivity index (χ2n) is 4.05. The number of hydrogen-bond acceptors (Lipinski definition) is 6. The van der Waals surface area contributed by atoms with E-state index in [1.165, 1.54) is 18.4 Å². The Labute approximate surface area is 122 Å². The van der Waals surface area contributed by atoms with Crippen molar-refractivity contribution in [2.24, 2.45) is 0 Å². The number of nitrogens with zero attached hydrogens (tertiary/aromatic N) is 1. The van der Waals surface area contributed by atoms with Gasteiger partial charge in [-0.25, -0.2) is 4.79 Å². The molecule has 1 aromatic heterocycles. The molecule has 6 nitrogen and oxygen atoms in total. The zero-order valence-corrected chi connectivity index (χ0v) is 13.1. The number of methoxy groups -OCH3 is 1. The Morgan fingerprint density at radius 1 is 1.30 bits per heavy atom. The SMILES string of the molecule is CCNC(=O)c1sc(N(CC)CC)c(C(=O)OC)c1N. The van der Waals surface area contributed by atoms with E-state index in [4.69, 9.17) is 10.5 Å². The Kier molecular flexibility index (Phi) is 5.82. The fourth-order valence-corrected chi connectivity index (χ4v) is 3.13. The molecule has 1 aromatic rings. The molecule has 0 saturated heterocycles. The van der Waals surface area contributed by atoms with Crippen molar-refractivity contribution in [3.8, 4) is 0 Å². The standard InChI is InChI=1S/C13H21N3O3S/c1-5-15-11(17)10-9(14)8(13(18)19-4)12(20-10)16(6-2)7-3/h5-7,14H2,1-4H3,(H,15,17). The molecule has 1 heterocycles. The van der Waals surface area contributed by atoms with Crippen molar-refractivity contribution in [2.45, 2.75) is 20.8 Å². The van der Waals surface area contributed by atoms with Gasteiger partial charge in [0.25, 0.3) is 5.91 Å². The number of anilines is 2. The molecule has 0 aliphatic carbocycles. The number of nitrogen functional groups attached to an aromatic ring is 1. The molecule has 112 valence electrons. The maximum Gasteiger partial charge on any atom is 0.343 e. The van der Waals surface area contributed by atoms with Gasteiger partial charge < -0.3 is 20.7 Å². The van der Waals surface area contributed by atoms with E-state index < -0.39 is 5.97 Å². The first-order valence-electron chi connectivity index (χ1n) is 6.55. The van der Waals surface area contributed by atoms with E-state index >= 15 is 0 Å².